The van der Waals surface area contributed by atoms with Crippen LogP contribution in [0.15, 0.2) is 47.5 Å². The number of rotatable bonds is 7. The number of benzene rings is 2. The van der Waals surface area contributed by atoms with E-state index in [2.05, 4.69) is 39.9 Å². The van der Waals surface area contributed by atoms with Gasteiger partial charge in [0.05, 0.1) is 6.54 Å². The molecule has 7 heteroatoms. The number of ether oxygens (including phenoxy) is 2. The summed E-state index contributed by atoms with van der Waals surface area (Å²) in [6, 6.07) is 14.3. The number of hydrogen-bond donors (Lipinski definition) is 2. The van der Waals surface area contributed by atoms with Crippen molar-refractivity contribution in [2.45, 2.75) is 39.4 Å². The van der Waals surface area contributed by atoms with E-state index in [1.165, 1.54) is 5.56 Å². The third-order valence-corrected chi connectivity index (χ3v) is 5.23. The van der Waals surface area contributed by atoms with Gasteiger partial charge in [0.2, 0.25) is 12.7 Å². The van der Waals surface area contributed by atoms with E-state index in [0.717, 1.165) is 48.1 Å². The summed E-state index contributed by atoms with van der Waals surface area (Å²) in [6.07, 6.45) is 1.65. The first-order valence-electron chi connectivity index (χ1n) is 10.5. The van der Waals surface area contributed by atoms with E-state index in [9.17, 15) is 4.79 Å². The molecule has 158 valence electrons. The number of carbonyl (C=O) groups is 1. The van der Waals surface area contributed by atoms with Gasteiger partial charge in [-0.15, -0.1) is 0 Å². The predicted octanol–water partition coefficient (Wildman–Crippen LogP) is 2.79. The van der Waals surface area contributed by atoms with E-state index in [4.69, 9.17) is 9.47 Å². The van der Waals surface area contributed by atoms with Crippen LogP contribution < -0.4 is 20.1 Å². The summed E-state index contributed by atoms with van der Waals surface area (Å²) in [6.45, 7) is 5.91. The van der Waals surface area contributed by atoms with E-state index in [1.54, 1.807) is 0 Å². The van der Waals surface area contributed by atoms with E-state index < -0.39 is 0 Å². The van der Waals surface area contributed by atoms with E-state index >= 15 is 0 Å². The highest BCUT2D eigenvalue weighted by Gasteiger charge is 2.19. The normalized spacial score (nSPS) is 15.6. The van der Waals surface area contributed by atoms with Crippen LogP contribution >= 0.6 is 0 Å². The summed E-state index contributed by atoms with van der Waals surface area (Å²) < 4.78 is 10.8. The lowest BCUT2D eigenvalue weighted by atomic mass is 10.1. The number of amides is 1. The van der Waals surface area contributed by atoms with E-state index in [-0.39, 0.29) is 12.7 Å². The van der Waals surface area contributed by atoms with Crippen molar-refractivity contribution >= 4 is 11.9 Å². The molecule has 0 unspecified atom stereocenters. The highest BCUT2D eigenvalue weighted by molar-refractivity contribution is 5.79. The van der Waals surface area contributed by atoms with Crippen molar-refractivity contribution in [3.8, 4) is 11.5 Å². The number of fused-ring (bicyclic) bond motifs is 1. The van der Waals surface area contributed by atoms with Crippen molar-refractivity contribution in [1.29, 1.82) is 0 Å². The Morgan fingerprint density at radius 2 is 1.80 bits per heavy atom. The maximum Gasteiger partial charge on any atom is 0.231 e. The Balaban J connectivity index is 1.31. The number of likely N-dealkylation sites (tertiary alicyclic amines) is 1. The molecule has 2 N–H and O–H groups in total. The highest BCUT2D eigenvalue weighted by Crippen LogP contribution is 2.32. The number of carbonyl (C=O) groups excluding carboxylic acids is 1. The van der Waals surface area contributed by atoms with Gasteiger partial charge in [-0.1, -0.05) is 30.3 Å². The van der Waals surface area contributed by atoms with Crippen molar-refractivity contribution in [2.24, 2.45) is 4.99 Å². The highest BCUT2D eigenvalue weighted by atomic mass is 16.7. The Morgan fingerprint density at radius 1 is 1.03 bits per heavy atom. The van der Waals surface area contributed by atoms with Gasteiger partial charge in [0.1, 0.15) is 0 Å². The molecule has 1 amide bonds. The Kier molecular flexibility index (Phi) is 6.37. The standard InChI is InChI=1S/C23H28N4O3/c1-2-24-23(26-14-19-9-10-20-21(12-19)30-16-29-20)25-13-17-5-7-18(8-6-17)15-27-11-3-4-22(27)28/h5-10,12H,2-4,11,13-16H2,1H3,(H2,24,25,26). The number of nitrogens with zero attached hydrogens (tertiary/aromatic N) is 2. The van der Waals surface area contributed by atoms with Gasteiger partial charge >= 0.3 is 0 Å². The first kappa shape index (κ1) is 20.1. The average molecular weight is 409 g/mol. The molecule has 2 heterocycles. The summed E-state index contributed by atoms with van der Waals surface area (Å²) in [5, 5.41) is 6.66. The maximum atomic E-state index is 11.8. The molecule has 4 rings (SSSR count). The molecule has 1 saturated heterocycles. The SMILES string of the molecule is CCNC(=NCc1ccc2c(c1)OCO2)NCc1ccc(CN2CCCC2=O)cc1. The van der Waals surface area contributed by atoms with Gasteiger partial charge in [-0.05, 0) is 42.2 Å². The number of guanidine groups is 1. The van der Waals surface area contributed by atoms with Crippen LogP contribution in [0.2, 0.25) is 0 Å². The molecule has 2 aliphatic heterocycles. The molecule has 0 aromatic heterocycles. The topological polar surface area (TPSA) is 75.2 Å². The van der Waals surface area contributed by atoms with Crippen LogP contribution in [0.1, 0.15) is 36.5 Å². The maximum absolute atomic E-state index is 11.8. The quantitative estimate of drug-likeness (QED) is 0.544. The van der Waals surface area contributed by atoms with Gasteiger partial charge in [-0.25, -0.2) is 4.99 Å². The van der Waals surface area contributed by atoms with Crippen molar-refractivity contribution < 1.29 is 14.3 Å². The Hall–Kier alpha value is -3.22. The molecule has 2 aliphatic rings. The monoisotopic (exact) mass is 408 g/mol. The van der Waals surface area contributed by atoms with Crippen LogP contribution in [-0.4, -0.2) is 36.6 Å². The molecular weight excluding hydrogens is 380 g/mol. The van der Waals surface area contributed by atoms with Crippen LogP contribution in [0, 0.1) is 0 Å². The Bertz CT molecular complexity index is 911. The lowest BCUT2D eigenvalue weighted by molar-refractivity contribution is -0.128. The first-order chi connectivity index (χ1) is 14.7. The fraction of sp³-hybridized carbons (Fsp3) is 0.391. The molecule has 0 aliphatic carbocycles. The predicted molar refractivity (Wildman–Crippen MR) is 115 cm³/mol. The molecule has 1 fully saturated rings. The van der Waals surface area contributed by atoms with E-state index in [0.29, 0.717) is 26.1 Å². The van der Waals surface area contributed by atoms with Crippen LogP contribution in [0.3, 0.4) is 0 Å². The lowest BCUT2D eigenvalue weighted by Crippen LogP contribution is -2.36. The summed E-state index contributed by atoms with van der Waals surface area (Å²) in [5.74, 6) is 2.58. The van der Waals surface area contributed by atoms with Gasteiger partial charge in [0.15, 0.2) is 17.5 Å². The van der Waals surface area contributed by atoms with Crippen molar-refractivity contribution in [3.05, 3.63) is 59.2 Å². The molecule has 2 aromatic rings. The number of aliphatic imine (C=N–C) groups is 1. The number of nitrogens with one attached hydrogen (secondary N) is 2. The first-order valence-corrected chi connectivity index (χ1v) is 10.5. The van der Waals surface area contributed by atoms with Gasteiger partial charge in [0.25, 0.3) is 0 Å². The van der Waals surface area contributed by atoms with Gasteiger partial charge in [0, 0.05) is 32.6 Å². The molecule has 0 bridgehead atoms. The van der Waals surface area contributed by atoms with Crippen molar-refractivity contribution in [3.63, 3.8) is 0 Å². The minimum absolute atomic E-state index is 0.259. The fourth-order valence-corrected chi connectivity index (χ4v) is 3.59. The third-order valence-electron chi connectivity index (χ3n) is 5.23. The minimum atomic E-state index is 0.259. The molecule has 0 atom stereocenters. The molecule has 30 heavy (non-hydrogen) atoms. The van der Waals surface area contributed by atoms with Crippen LogP contribution in [0.5, 0.6) is 11.5 Å². The van der Waals surface area contributed by atoms with Crippen molar-refractivity contribution in [2.75, 3.05) is 19.9 Å². The molecule has 0 saturated carbocycles. The number of hydrogen-bond acceptors (Lipinski definition) is 4. The van der Waals surface area contributed by atoms with Crippen LogP contribution in [0.25, 0.3) is 0 Å². The molecule has 2 aromatic carbocycles. The van der Waals surface area contributed by atoms with Gasteiger partial charge < -0.3 is 25.0 Å². The average Bonchev–Trinajstić information content (AvgIpc) is 3.39. The van der Waals surface area contributed by atoms with Crippen molar-refractivity contribution in [1.82, 2.24) is 15.5 Å². The van der Waals surface area contributed by atoms with Crippen LogP contribution in [-0.2, 0) is 24.4 Å². The second-order valence-corrected chi connectivity index (χ2v) is 7.47. The molecular formula is C23H28N4O3. The Morgan fingerprint density at radius 3 is 2.57 bits per heavy atom. The zero-order valence-corrected chi connectivity index (χ0v) is 17.3. The summed E-state index contributed by atoms with van der Waals surface area (Å²) in [4.78, 5) is 18.4. The molecule has 0 spiro atoms. The zero-order valence-electron chi connectivity index (χ0n) is 17.3. The van der Waals surface area contributed by atoms with Gasteiger partial charge in [-0.3, -0.25) is 4.79 Å². The second kappa shape index (κ2) is 9.52. The smallest absolute Gasteiger partial charge is 0.231 e. The summed E-state index contributed by atoms with van der Waals surface area (Å²) >= 11 is 0. The largest absolute Gasteiger partial charge is 0.454 e. The zero-order chi connectivity index (χ0) is 20.8. The van der Waals surface area contributed by atoms with Crippen LogP contribution in [0.4, 0.5) is 0 Å². The Labute approximate surface area is 177 Å². The third kappa shape index (κ3) is 5.03. The minimum Gasteiger partial charge on any atom is -0.454 e. The second-order valence-electron chi connectivity index (χ2n) is 7.47. The van der Waals surface area contributed by atoms with Gasteiger partial charge in [-0.2, -0.15) is 0 Å². The van der Waals surface area contributed by atoms with E-state index in [1.807, 2.05) is 30.0 Å². The summed E-state index contributed by atoms with van der Waals surface area (Å²) in [5.41, 5.74) is 3.40. The lowest BCUT2D eigenvalue weighted by Gasteiger charge is -2.16. The summed E-state index contributed by atoms with van der Waals surface area (Å²) in [7, 11) is 0. The molecule has 7 nitrogen and oxygen atoms in total. The fourth-order valence-electron chi connectivity index (χ4n) is 3.59. The molecule has 0 radical (unpaired) electrons.